The van der Waals surface area contributed by atoms with Crippen molar-refractivity contribution in [2.75, 3.05) is 18.4 Å². The van der Waals surface area contributed by atoms with Gasteiger partial charge >= 0.3 is 12.3 Å². The topological polar surface area (TPSA) is 59.1 Å². The molecule has 0 amide bonds. The minimum atomic E-state index is -4.50. The van der Waals surface area contributed by atoms with Gasteiger partial charge in [0.05, 0.1) is 24.3 Å². The average Bonchev–Trinajstić information content (AvgIpc) is 2.36. The molecule has 0 radical (unpaired) electrons. The summed E-state index contributed by atoms with van der Waals surface area (Å²) in [5.74, 6) is -0.0191. The highest BCUT2D eigenvalue weighted by atomic mass is 19.4. The highest BCUT2D eigenvalue weighted by molar-refractivity contribution is 5.26. The predicted molar refractivity (Wildman–Crippen MR) is 62.8 cm³/mol. The number of morpholine rings is 1. The summed E-state index contributed by atoms with van der Waals surface area (Å²) in [5, 5.41) is 5.27. The van der Waals surface area contributed by atoms with Gasteiger partial charge in [-0.1, -0.05) is 0 Å². The molecule has 1 aliphatic heterocycles. The van der Waals surface area contributed by atoms with Crippen LogP contribution in [0.15, 0.2) is 12.4 Å². The maximum atomic E-state index is 12.9. The van der Waals surface area contributed by atoms with Gasteiger partial charge in [-0.3, -0.25) is 0 Å². The third-order valence-electron chi connectivity index (χ3n) is 2.95. The minimum absolute atomic E-state index is 0.0191. The summed E-state index contributed by atoms with van der Waals surface area (Å²) in [5.41, 5.74) is -0.958. The second kappa shape index (κ2) is 5.68. The number of hydrogen-bond acceptors (Lipinski definition) is 5. The van der Waals surface area contributed by atoms with Crippen LogP contribution in [0.2, 0.25) is 0 Å². The molecule has 0 aliphatic carbocycles. The summed E-state index contributed by atoms with van der Waals surface area (Å²) < 4.78 is 67.3. The molecular weight excluding hydrogens is 299 g/mol. The van der Waals surface area contributed by atoms with Gasteiger partial charge < -0.3 is 15.4 Å². The monoisotopic (exact) mass is 312 g/mol. The quantitative estimate of drug-likeness (QED) is 0.835. The first-order valence-electron chi connectivity index (χ1n) is 6.09. The number of aromatic nitrogens is 2. The number of ether oxygens (including phenoxy) is 1. The molecule has 2 atom stereocenters. The molecule has 2 N–H and O–H groups in total. The Bertz CT molecular complexity index is 478. The molecule has 2 rings (SSSR count). The summed E-state index contributed by atoms with van der Waals surface area (Å²) in [6.45, 7) is 0.986. The van der Waals surface area contributed by atoms with E-state index < -0.39 is 36.5 Å². The van der Waals surface area contributed by atoms with Gasteiger partial charge in [-0.25, -0.2) is 9.97 Å². The van der Waals surface area contributed by atoms with Crippen LogP contribution in [0.3, 0.4) is 0 Å². The van der Waals surface area contributed by atoms with E-state index in [9.17, 15) is 22.0 Å². The summed E-state index contributed by atoms with van der Waals surface area (Å²) in [6, 6.07) is -0.435. The molecule has 0 bridgehead atoms. The third-order valence-corrected chi connectivity index (χ3v) is 2.95. The van der Waals surface area contributed by atoms with Crippen molar-refractivity contribution in [1.29, 1.82) is 0 Å². The van der Waals surface area contributed by atoms with Crippen molar-refractivity contribution in [3.8, 4) is 0 Å². The molecule has 0 saturated carbocycles. The lowest BCUT2D eigenvalue weighted by molar-refractivity contribution is -0.278. The van der Waals surface area contributed by atoms with E-state index in [4.69, 9.17) is 0 Å². The standard InChI is InChI=1S/C11H13F5N4O/c1-6-8(20-5-10(12,13)21-6)4-19-9-17-2-7(3-18-9)11(14,15)16/h2-3,6,8,20H,4-5H2,1H3,(H,17,18,19)/t6-,8+/m0/s1. The molecule has 1 aromatic heterocycles. The number of nitrogens with zero attached hydrogens (tertiary/aromatic N) is 2. The number of rotatable bonds is 3. The van der Waals surface area contributed by atoms with Gasteiger partial charge in [0.25, 0.3) is 0 Å². The predicted octanol–water partition coefficient (Wildman–Crippen LogP) is 1.88. The molecule has 0 spiro atoms. The fraction of sp³-hybridized carbons (Fsp3) is 0.636. The van der Waals surface area contributed by atoms with Gasteiger partial charge in [-0.2, -0.15) is 22.0 Å². The molecule has 1 aromatic rings. The van der Waals surface area contributed by atoms with Crippen molar-refractivity contribution >= 4 is 5.95 Å². The summed E-state index contributed by atoms with van der Waals surface area (Å²) in [6.07, 6.45) is -7.19. The van der Waals surface area contributed by atoms with Crippen LogP contribution in [-0.4, -0.2) is 41.3 Å². The molecule has 2 heterocycles. The first-order chi connectivity index (χ1) is 9.67. The fourth-order valence-corrected chi connectivity index (χ4v) is 1.82. The van der Waals surface area contributed by atoms with Crippen LogP contribution >= 0.6 is 0 Å². The molecule has 118 valence electrons. The highest BCUT2D eigenvalue weighted by Gasteiger charge is 2.40. The zero-order valence-corrected chi connectivity index (χ0v) is 10.9. The van der Waals surface area contributed by atoms with Gasteiger partial charge in [-0.05, 0) is 6.92 Å². The Balaban J connectivity index is 1.89. The van der Waals surface area contributed by atoms with Crippen molar-refractivity contribution in [3.05, 3.63) is 18.0 Å². The lowest BCUT2D eigenvalue weighted by atomic mass is 10.1. The van der Waals surface area contributed by atoms with Gasteiger partial charge in [0.1, 0.15) is 0 Å². The molecular formula is C11H13F5N4O. The minimum Gasteiger partial charge on any atom is -0.353 e. The van der Waals surface area contributed by atoms with Crippen molar-refractivity contribution in [3.63, 3.8) is 0 Å². The van der Waals surface area contributed by atoms with Crippen LogP contribution < -0.4 is 10.6 Å². The van der Waals surface area contributed by atoms with Crippen molar-refractivity contribution in [2.24, 2.45) is 0 Å². The summed E-state index contributed by atoms with van der Waals surface area (Å²) in [4.78, 5) is 7.05. The maximum Gasteiger partial charge on any atom is 0.419 e. The molecule has 10 heteroatoms. The molecule has 0 aromatic carbocycles. The molecule has 21 heavy (non-hydrogen) atoms. The number of halogens is 5. The SMILES string of the molecule is C[C@@H]1OC(F)(F)CN[C@@H]1CNc1ncc(C(F)(F)F)cn1. The van der Waals surface area contributed by atoms with Gasteiger partial charge in [-0.15, -0.1) is 0 Å². The summed E-state index contributed by atoms with van der Waals surface area (Å²) >= 11 is 0. The maximum absolute atomic E-state index is 12.9. The largest absolute Gasteiger partial charge is 0.419 e. The van der Waals surface area contributed by atoms with Crippen molar-refractivity contribution < 1.29 is 26.7 Å². The number of alkyl halides is 5. The van der Waals surface area contributed by atoms with Crippen LogP contribution in [0.4, 0.5) is 27.9 Å². The van der Waals surface area contributed by atoms with E-state index in [0.717, 1.165) is 0 Å². The number of anilines is 1. The van der Waals surface area contributed by atoms with Gasteiger partial charge in [0, 0.05) is 18.9 Å². The first-order valence-corrected chi connectivity index (χ1v) is 6.09. The van der Waals surface area contributed by atoms with Crippen LogP contribution in [0.5, 0.6) is 0 Å². The van der Waals surface area contributed by atoms with Crippen LogP contribution in [0.1, 0.15) is 12.5 Å². The van der Waals surface area contributed by atoms with Gasteiger partial charge in [0.2, 0.25) is 5.95 Å². The van der Waals surface area contributed by atoms with E-state index in [1.54, 1.807) is 0 Å². The van der Waals surface area contributed by atoms with Crippen molar-refractivity contribution in [1.82, 2.24) is 15.3 Å². The molecule has 1 saturated heterocycles. The Morgan fingerprint density at radius 2 is 2.00 bits per heavy atom. The average molecular weight is 312 g/mol. The van der Waals surface area contributed by atoms with Crippen LogP contribution in [0.25, 0.3) is 0 Å². The zero-order chi connectivity index (χ0) is 15.7. The number of nitrogens with one attached hydrogen (secondary N) is 2. The summed E-state index contributed by atoms with van der Waals surface area (Å²) in [7, 11) is 0. The van der Waals surface area contributed by atoms with Crippen LogP contribution in [-0.2, 0) is 10.9 Å². The smallest absolute Gasteiger partial charge is 0.353 e. The molecule has 5 nitrogen and oxygen atoms in total. The van der Waals surface area contributed by atoms with E-state index in [2.05, 4.69) is 25.3 Å². The van der Waals surface area contributed by atoms with Gasteiger partial charge in [0.15, 0.2) is 0 Å². The Morgan fingerprint density at radius 1 is 1.38 bits per heavy atom. The lowest BCUT2D eigenvalue weighted by Crippen LogP contribution is -2.57. The zero-order valence-electron chi connectivity index (χ0n) is 10.9. The van der Waals surface area contributed by atoms with E-state index in [0.29, 0.717) is 12.4 Å². The third kappa shape index (κ3) is 4.21. The first kappa shape index (κ1) is 15.8. The van der Waals surface area contributed by atoms with Crippen molar-refractivity contribution in [2.45, 2.75) is 31.4 Å². The second-order valence-corrected chi connectivity index (χ2v) is 4.62. The van der Waals surface area contributed by atoms with E-state index in [-0.39, 0.29) is 12.5 Å². The Labute approximate surface area is 116 Å². The Morgan fingerprint density at radius 3 is 2.52 bits per heavy atom. The number of hydrogen-bond donors (Lipinski definition) is 2. The molecule has 1 aliphatic rings. The second-order valence-electron chi connectivity index (χ2n) is 4.62. The molecule has 1 fully saturated rings. The lowest BCUT2D eigenvalue weighted by Gasteiger charge is -2.35. The fourth-order valence-electron chi connectivity index (χ4n) is 1.82. The van der Waals surface area contributed by atoms with E-state index in [1.165, 1.54) is 6.92 Å². The highest BCUT2D eigenvalue weighted by Crippen LogP contribution is 2.28. The van der Waals surface area contributed by atoms with E-state index >= 15 is 0 Å². The molecule has 0 unspecified atom stereocenters. The Kier molecular flexibility index (Phi) is 4.28. The Hall–Kier alpha value is -1.55. The van der Waals surface area contributed by atoms with E-state index in [1.807, 2.05) is 0 Å². The normalized spacial score (nSPS) is 25.6. The van der Waals surface area contributed by atoms with Crippen LogP contribution in [0, 0.1) is 0 Å².